The van der Waals surface area contributed by atoms with Crippen molar-refractivity contribution in [1.82, 2.24) is 0 Å². The summed E-state index contributed by atoms with van der Waals surface area (Å²) in [6, 6.07) is 11.4. The molecule has 4 rings (SSSR count). The molecule has 0 unspecified atom stereocenters. The Hall–Kier alpha value is -3.40. The second kappa shape index (κ2) is 8.27. The second-order valence-corrected chi connectivity index (χ2v) is 9.03. The van der Waals surface area contributed by atoms with E-state index in [1.54, 1.807) is 43.3 Å². The van der Waals surface area contributed by atoms with Crippen LogP contribution in [0.1, 0.15) is 30.6 Å². The van der Waals surface area contributed by atoms with Crippen LogP contribution in [-0.2, 0) is 19.6 Å². The number of rotatable bonds is 4. The van der Waals surface area contributed by atoms with Crippen molar-refractivity contribution in [3.8, 4) is 5.75 Å². The van der Waals surface area contributed by atoms with Crippen LogP contribution in [0.5, 0.6) is 5.75 Å². The fraction of sp³-hybridized carbons (Fsp3) is 0.318. The van der Waals surface area contributed by atoms with Crippen LogP contribution in [-0.4, -0.2) is 52.4 Å². The lowest BCUT2D eigenvalue weighted by molar-refractivity contribution is -0.148. The van der Waals surface area contributed by atoms with Gasteiger partial charge in [0.1, 0.15) is 16.5 Å². The zero-order valence-corrected chi connectivity index (χ0v) is 18.8. The van der Waals surface area contributed by atoms with Gasteiger partial charge in [0.25, 0.3) is 15.9 Å². The number of methoxy groups -OCH3 is 1. The molecule has 9 nitrogen and oxygen atoms in total. The summed E-state index contributed by atoms with van der Waals surface area (Å²) in [6.45, 7) is 4.17. The van der Waals surface area contributed by atoms with Crippen LogP contribution in [0.4, 0.5) is 11.4 Å². The van der Waals surface area contributed by atoms with Gasteiger partial charge in [0, 0.05) is 12.1 Å². The van der Waals surface area contributed by atoms with Gasteiger partial charge >= 0.3 is 5.97 Å². The van der Waals surface area contributed by atoms with E-state index < -0.39 is 28.0 Å². The van der Waals surface area contributed by atoms with E-state index in [0.717, 1.165) is 6.42 Å². The van der Waals surface area contributed by atoms with Gasteiger partial charge in [-0.05, 0) is 43.7 Å². The van der Waals surface area contributed by atoms with E-state index >= 15 is 0 Å². The van der Waals surface area contributed by atoms with Gasteiger partial charge in [-0.15, -0.1) is 4.40 Å². The first-order valence-electron chi connectivity index (χ1n) is 10.2. The Morgan fingerprint density at radius 2 is 1.94 bits per heavy atom. The number of sulfonamides is 1. The maximum absolute atomic E-state index is 13.5. The van der Waals surface area contributed by atoms with Crippen molar-refractivity contribution in [3.63, 3.8) is 0 Å². The molecule has 2 aromatic carbocycles. The summed E-state index contributed by atoms with van der Waals surface area (Å²) in [5.41, 5.74) is 1.14. The number of carbonyl (C=O) groups excluding carboxylic acids is 2. The van der Waals surface area contributed by atoms with Crippen LogP contribution in [0.2, 0.25) is 0 Å². The van der Waals surface area contributed by atoms with E-state index in [1.165, 1.54) is 18.1 Å². The monoisotopic (exact) mass is 457 g/mol. The number of hydrogen-bond donors (Lipinski definition) is 0. The molecule has 2 aliphatic rings. The highest BCUT2D eigenvalue weighted by molar-refractivity contribution is 7.90. The zero-order valence-electron chi connectivity index (χ0n) is 17.9. The Bertz CT molecular complexity index is 1220. The molecule has 0 spiro atoms. The standard InChI is InChI=1S/C22H23N3O6S/c1-4-11-24-14(2)23-32(28,29)20-12-15(9-10-17(20)24)21(26)25-13-19(22(27)30-3)31-18-8-6-5-7-16(18)25/h5-10,12,19H,4,11,13H2,1-3H3/t19-/m1/s1. The molecule has 32 heavy (non-hydrogen) atoms. The quantitative estimate of drug-likeness (QED) is 0.650. The number of nitrogens with zero attached hydrogens (tertiary/aromatic N) is 3. The maximum Gasteiger partial charge on any atom is 0.348 e. The number of carbonyl (C=O) groups is 2. The number of para-hydroxylation sites is 2. The van der Waals surface area contributed by atoms with E-state index in [4.69, 9.17) is 9.47 Å². The van der Waals surface area contributed by atoms with Crippen molar-refractivity contribution in [2.24, 2.45) is 4.40 Å². The number of anilines is 2. The first kappa shape index (κ1) is 21.8. The molecule has 0 aliphatic carbocycles. The average Bonchev–Trinajstić information content (AvgIpc) is 2.79. The molecule has 0 bridgehead atoms. The van der Waals surface area contributed by atoms with Crippen LogP contribution < -0.4 is 14.5 Å². The van der Waals surface area contributed by atoms with Gasteiger partial charge in [-0.1, -0.05) is 19.1 Å². The van der Waals surface area contributed by atoms with Gasteiger partial charge < -0.3 is 19.3 Å². The Morgan fingerprint density at radius 1 is 1.19 bits per heavy atom. The molecule has 2 aromatic rings. The number of ether oxygens (including phenoxy) is 2. The Morgan fingerprint density at radius 3 is 2.66 bits per heavy atom. The molecule has 0 aromatic heterocycles. The predicted octanol–water partition coefficient (Wildman–Crippen LogP) is 2.60. The molecule has 0 radical (unpaired) electrons. The summed E-state index contributed by atoms with van der Waals surface area (Å²) < 4.78 is 39.8. The van der Waals surface area contributed by atoms with E-state index in [0.29, 0.717) is 29.5 Å². The van der Waals surface area contributed by atoms with Crippen LogP contribution in [0.25, 0.3) is 0 Å². The first-order valence-corrected chi connectivity index (χ1v) is 11.6. The average molecular weight is 458 g/mol. The minimum absolute atomic E-state index is 0.0199. The Labute approximate surface area is 186 Å². The highest BCUT2D eigenvalue weighted by atomic mass is 32.2. The second-order valence-electron chi connectivity index (χ2n) is 7.46. The molecular weight excluding hydrogens is 434 g/mol. The predicted molar refractivity (Wildman–Crippen MR) is 119 cm³/mol. The van der Waals surface area contributed by atoms with Gasteiger partial charge in [0.05, 0.1) is 25.0 Å². The third-order valence-electron chi connectivity index (χ3n) is 5.35. The molecule has 0 fully saturated rings. The van der Waals surface area contributed by atoms with Gasteiger partial charge in [-0.2, -0.15) is 8.42 Å². The van der Waals surface area contributed by atoms with E-state index in [9.17, 15) is 18.0 Å². The van der Waals surface area contributed by atoms with Crippen LogP contribution >= 0.6 is 0 Å². The van der Waals surface area contributed by atoms with Crippen LogP contribution in [0.3, 0.4) is 0 Å². The lowest BCUT2D eigenvalue weighted by Gasteiger charge is -2.34. The molecule has 10 heteroatoms. The summed E-state index contributed by atoms with van der Waals surface area (Å²) >= 11 is 0. The normalized spacial score (nSPS) is 18.7. The third-order valence-corrected chi connectivity index (χ3v) is 6.74. The third kappa shape index (κ3) is 3.70. The lowest BCUT2D eigenvalue weighted by Crippen LogP contribution is -2.47. The van der Waals surface area contributed by atoms with Crippen molar-refractivity contribution < 1.29 is 27.5 Å². The molecule has 168 valence electrons. The lowest BCUT2D eigenvalue weighted by atomic mass is 10.1. The highest BCUT2D eigenvalue weighted by Gasteiger charge is 2.36. The zero-order chi connectivity index (χ0) is 23.0. The van der Waals surface area contributed by atoms with Gasteiger partial charge in [-0.3, -0.25) is 4.79 Å². The van der Waals surface area contributed by atoms with Crippen molar-refractivity contribution in [2.45, 2.75) is 31.3 Å². The molecule has 0 saturated carbocycles. The smallest absolute Gasteiger partial charge is 0.348 e. The minimum Gasteiger partial charge on any atom is -0.475 e. The fourth-order valence-electron chi connectivity index (χ4n) is 3.87. The number of fused-ring (bicyclic) bond motifs is 2. The number of hydrogen-bond acceptors (Lipinski definition) is 7. The van der Waals surface area contributed by atoms with Gasteiger partial charge in [0.15, 0.2) is 0 Å². The molecule has 0 saturated heterocycles. The number of esters is 1. The molecule has 2 heterocycles. The van der Waals surface area contributed by atoms with Crippen molar-refractivity contribution in [1.29, 1.82) is 0 Å². The number of benzene rings is 2. The van der Waals surface area contributed by atoms with E-state index in [2.05, 4.69) is 4.40 Å². The summed E-state index contributed by atoms with van der Waals surface area (Å²) in [6.07, 6.45) is -0.195. The highest BCUT2D eigenvalue weighted by Crippen LogP contribution is 2.36. The fourth-order valence-corrected chi connectivity index (χ4v) is 5.13. The van der Waals surface area contributed by atoms with Crippen LogP contribution in [0.15, 0.2) is 51.8 Å². The van der Waals surface area contributed by atoms with Crippen molar-refractivity contribution in [2.75, 3.05) is 30.0 Å². The number of amidine groups is 1. The SMILES string of the molecule is CCCN1C(C)=NS(=O)(=O)c2cc(C(=O)N3C[C@H](C(=O)OC)Oc4ccccc43)ccc21. The molecule has 1 atom stereocenters. The largest absolute Gasteiger partial charge is 0.475 e. The molecule has 2 aliphatic heterocycles. The molecular formula is C22H23N3O6S. The Kier molecular flexibility index (Phi) is 5.64. The van der Waals surface area contributed by atoms with Crippen molar-refractivity contribution >= 4 is 39.1 Å². The maximum atomic E-state index is 13.5. The topological polar surface area (TPSA) is 106 Å². The van der Waals surface area contributed by atoms with Gasteiger partial charge in [-0.25, -0.2) is 4.79 Å². The number of amides is 1. The summed E-state index contributed by atoms with van der Waals surface area (Å²) in [5.74, 6) is -0.310. The van der Waals surface area contributed by atoms with Crippen molar-refractivity contribution in [3.05, 3.63) is 48.0 Å². The Balaban J connectivity index is 1.76. The summed E-state index contributed by atoms with van der Waals surface area (Å²) in [7, 11) is -2.69. The van der Waals surface area contributed by atoms with E-state index in [-0.39, 0.29) is 17.0 Å². The summed E-state index contributed by atoms with van der Waals surface area (Å²) in [5, 5.41) is 0. The van der Waals surface area contributed by atoms with E-state index in [1.807, 2.05) is 11.8 Å². The van der Waals surface area contributed by atoms with Crippen LogP contribution in [0, 0.1) is 0 Å². The van der Waals surface area contributed by atoms with Gasteiger partial charge in [0.2, 0.25) is 6.10 Å². The summed E-state index contributed by atoms with van der Waals surface area (Å²) in [4.78, 5) is 28.8. The molecule has 1 amide bonds. The minimum atomic E-state index is -3.94. The molecule has 0 N–H and O–H groups in total. The first-order chi connectivity index (χ1) is 15.3.